The van der Waals surface area contributed by atoms with E-state index in [-0.39, 0.29) is 18.1 Å². The summed E-state index contributed by atoms with van der Waals surface area (Å²) in [5.41, 5.74) is 3.40. The molecule has 0 aliphatic carbocycles. The van der Waals surface area contributed by atoms with Crippen LogP contribution in [-0.4, -0.2) is 61.2 Å². The summed E-state index contributed by atoms with van der Waals surface area (Å²) in [4.78, 5) is 31.8. The average molecular weight is 645 g/mol. The second-order valence-corrected chi connectivity index (χ2v) is 12.3. The van der Waals surface area contributed by atoms with Crippen LogP contribution in [0.15, 0.2) is 108 Å². The van der Waals surface area contributed by atoms with Crippen LogP contribution in [0.1, 0.15) is 29.0 Å². The number of pyridine rings is 1. The molecule has 3 N–H and O–H groups in total. The number of methoxy groups -OCH3 is 1. The quantitative estimate of drug-likeness (QED) is 0.155. The molecule has 1 aromatic heterocycles. The summed E-state index contributed by atoms with van der Waals surface area (Å²) in [6.07, 6.45) is 4.29. The Kier molecular flexibility index (Phi) is 11.9. The SMILES string of the molecule is COC(=O)N[C@@H](C(=O)Nc1ccccc1CC[C@@H]1CNC[C@@H](CSc2ccc(Cl)cc2)O1)[C@H](c1ccccc1)c1ccncc1. The number of morpholine rings is 1. The molecule has 234 valence electrons. The Hall–Kier alpha value is -3.89. The Labute approximate surface area is 273 Å². The third kappa shape index (κ3) is 9.31. The van der Waals surface area contributed by atoms with E-state index in [1.807, 2.05) is 91.0 Å². The number of carbonyl (C=O) groups is 2. The zero-order chi connectivity index (χ0) is 31.4. The van der Waals surface area contributed by atoms with E-state index < -0.39 is 18.1 Å². The van der Waals surface area contributed by atoms with Crippen molar-refractivity contribution in [2.75, 3.05) is 31.3 Å². The zero-order valence-electron chi connectivity index (χ0n) is 25.0. The Bertz CT molecular complexity index is 1490. The van der Waals surface area contributed by atoms with Crippen molar-refractivity contribution >= 4 is 41.1 Å². The normalized spacial score (nSPS) is 17.6. The van der Waals surface area contributed by atoms with Crippen LogP contribution in [0.3, 0.4) is 0 Å². The summed E-state index contributed by atoms with van der Waals surface area (Å²) in [7, 11) is 1.28. The zero-order valence-corrected chi connectivity index (χ0v) is 26.6. The molecule has 45 heavy (non-hydrogen) atoms. The van der Waals surface area contributed by atoms with Gasteiger partial charge in [-0.3, -0.25) is 9.78 Å². The summed E-state index contributed by atoms with van der Waals surface area (Å²) < 4.78 is 11.4. The van der Waals surface area contributed by atoms with Gasteiger partial charge in [0, 0.05) is 52.8 Å². The number of aryl methyl sites for hydroxylation is 1. The molecule has 2 heterocycles. The van der Waals surface area contributed by atoms with E-state index in [1.54, 1.807) is 24.2 Å². The second kappa shape index (κ2) is 16.4. The molecule has 0 unspecified atom stereocenters. The number of carbonyl (C=O) groups excluding carboxylic acids is 2. The number of hydrogen-bond donors (Lipinski definition) is 3. The van der Waals surface area contributed by atoms with Crippen LogP contribution in [0, 0.1) is 0 Å². The van der Waals surface area contributed by atoms with E-state index in [2.05, 4.69) is 20.9 Å². The molecule has 4 atom stereocenters. The first-order chi connectivity index (χ1) is 22.0. The predicted molar refractivity (Wildman–Crippen MR) is 179 cm³/mol. The minimum atomic E-state index is -0.958. The summed E-state index contributed by atoms with van der Waals surface area (Å²) >= 11 is 7.77. The molecule has 0 saturated carbocycles. The summed E-state index contributed by atoms with van der Waals surface area (Å²) in [6.45, 7) is 1.57. The first-order valence-electron chi connectivity index (χ1n) is 14.9. The van der Waals surface area contributed by atoms with Crippen molar-refractivity contribution in [2.24, 2.45) is 0 Å². The first kappa shape index (κ1) is 32.5. The highest BCUT2D eigenvalue weighted by Gasteiger charge is 2.33. The number of amides is 2. The van der Waals surface area contributed by atoms with E-state index in [4.69, 9.17) is 21.1 Å². The Morgan fingerprint density at radius 1 is 0.956 bits per heavy atom. The molecule has 0 radical (unpaired) electrons. The molecule has 3 aromatic carbocycles. The number of benzene rings is 3. The smallest absolute Gasteiger partial charge is 0.407 e. The van der Waals surface area contributed by atoms with E-state index in [0.717, 1.165) is 51.9 Å². The van der Waals surface area contributed by atoms with Crippen LogP contribution in [0.4, 0.5) is 10.5 Å². The molecule has 0 bridgehead atoms. The summed E-state index contributed by atoms with van der Waals surface area (Å²) in [6, 6.07) is 28.0. The number of rotatable bonds is 12. The van der Waals surface area contributed by atoms with Gasteiger partial charge in [-0.25, -0.2) is 4.79 Å². The number of thioether (sulfide) groups is 1. The largest absolute Gasteiger partial charge is 0.453 e. The maximum atomic E-state index is 14.0. The third-order valence-electron chi connectivity index (χ3n) is 7.69. The Morgan fingerprint density at radius 2 is 1.64 bits per heavy atom. The molecule has 1 fully saturated rings. The molecular formula is C35H37ClN4O4S. The van der Waals surface area contributed by atoms with Gasteiger partial charge in [-0.1, -0.05) is 60.1 Å². The van der Waals surface area contributed by atoms with E-state index in [9.17, 15) is 9.59 Å². The number of aromatic nitrogens is 1. The molecule has 0 spiro atoms. The average Bonchev–Trinajstić information content (AvgIpc) is 3.08. The van der Waals surface area contributed by atoms with Crippen LogP contribution >= 0.6 is 23.4 Å². The molecule has 4 aromatic rings. The van der Waals surface area contributed by atoms with Gasteiger partial charge in [0.2, 0.25) is 5.91 Å². The fraction of sp³-hybridized carbons (Fsp3) is 0.286. The standard InChI is InChI=1S/C35H37ClN4O4S/c1-43-35(42)40-33(32(25-8-3-2-4-9-25)26-17-19-37-20-18-26)34(41)39-31-10-6-5-7-24(31)11-14-28-21-38-22-29(44-28)23-45-30-15-12-27(36)13-16-30/h2-10,12-13,15-20,28-29,32-33,38H,11,14,21-23H2,1H3,(H,39,41)(H,40,42)/t28-,29+,32-,33-/m1/s1. The lowest BCUT2D eigenvalue weighted by Crippen LogP contribution is -2.48. The van der Waals surface area contributed by atoms with Gasteiger partial charge < -0.3 is 25.4 Å². The molecule has 2 amide bonds. The van der Waals surface area contributed by atoms with Crippen molar-refractivity contribution in [2.45, 2.75) is 41.9 Å². The minimum Gasteiger partial charge on any atom is -0.453 e. The molecule has 5 rings (SSSR count). The van der Waals surface area contributed by atoms with Crippen molar-refractivity contribution in [1.29, 1.82) is 0 Å². The van der Waals surface area contributed by atoms with Crippen LogP contribution in [0.5, 0.6) is 0 Å². The van der Waals surface area contributed by atoms with Gasteiger partial charge in [-0.15, -0.1) is 11.8 Å². The monoisotopic (exact) mass is 644 g/mol. The second-order valence-electron chi connectivity index (χ2n) is 10.8. The highest BCUT2D eigenvalue weighted by atomic mass is 35.5. The molecule has 1 saturated heterocycles. The maximum absolute atomic E-state index is 14.0. The molecule has 1 aliphatic heterocycles. The van der Waals surface area contributed by atoms with Gasteiger partial charge in [-0.05, 0) is 72.0 Å². The van der Waals surface area contributed by atoms with Crippen molar-refractivity contribution in [3.8, 4) is 0 Å². The van der Waals surface area contributed by atoms with Crippen molar-refractivity contribution in [3.63, 3.8) is 0 Å². The van der Waals surface area contributed by atoms with Crippen LogP contribution < -0.4 is 16.0 Å². The number of hydrogen-bond acceptors (Lipinski definition) is 7. The number of nitrogens with one attached hydrogen (secondary N) is 3. The number of anilines is 1. The minimum absolute atomic E-state index is 0.0428. The van der Waals surface area contributed by atoms with E-state index >= 15 is 0 Å². The van der Waals surface area contributed by atoms with Gasteiger partial charge >= 0.3 is 6.09 Å². The lowest BCUT2D eigenvalue weighted by molar-refractivity contribution is -0.118. The molecule has 1 aliphatic rings. The topological polar surface area (TPSA) is 102 Å². The molecular weight excluding hydrogens is 608 g/mol. The Balaban J connectivity index is 1.27. The highest BCUT2D eigenvalue weighted by molar-refractivity contribution is 7.99. The fourth-order valence-corrected chi connectivity index (χ4v) is 6.47. The number of halogens is 1. The van der Waals surface area contributed by atoms with Gasteiger partial charge in [0.25, 0.3) is 0 Å². The van der Waals surface area contributed by atoms with Crippen LogP contribution in [0.2, 0.25) is 5.02 Å². The van der Waals surface area contributed by atoms with Gasteiger partial charge in [0.05, 0.1) is 19.3 Å². The number of nitrogens with zero attached hydrogens (tertiary/aromatic N) is 1. The highest BCUT2D eigenvalue weighted by Crippen LogP contribution is 2.30. The number of ether oxygens (including phenoxy) is 2. The number of alkyl carbamates (subject to hydrolysis) is 1. The summed E-state index contributed by atoms with van der Waals surface area (Å²) in [5.74, 6) is 0.00473. The van der Waals surface area contributed by atoms with Crippen LogP contribution in [-0.2, 0) is 20.7 Å². The van der Waals surface area contributed by atoms with Gasteiger partial charge in [0.15, 0.2) is 0 Å². The van der Waals surface area contributed by atoms with E-state index in [1.165, 1.54) is 7.11 Å². The van der Waals surface area contributed by atoms with Crippen LogP contribution in [0.25, 0.3) is 0 Å². The maximum Gasteiger partial charge on any atom is 0.407 e. The summed E-state index contributed by atoms with van der Waals surface area (Å²) in [5, 5.41) is 10.1. The number of para-hydroxylation sites is 1. The van der Waals surface area contributed by atoms with Gasteiger partial charge in [-0.2, -0.15) is 0 Å². The van der Waals surface area contributed by atoms with Gasteiger partial charge in [0.1, 0.15) is 6.04 Å². The lowest BCUT2D eigenvalue weighted by atomic mass is 9.85. The van der Waals surface area contributed by atoms with Crippen molar-refractivity contribution in [3.05, 3.63) is 125 Å². The molecule has 10 heteroatoms. The fourth-order valence-electron chi connectivity index (χ4n) is 5.44. The predicted octanol–water partition coefficient (Wildman–Crippen LogP) is 6.31. The first-order valence-corrected chi connectivity index (χ1v) is 16.3. The lowest BCUT2D eigenvalue weighted by Gasteiger charge is -2.31. The van der Waals surface area contributed by atoms with Crippen molar-refractivity contribution < 1.29 is 19.1 Å². The molecule has 8 nitrogen and oxygen atoms in total. The third-order valence-corrected chi connectivity index (χ3v) is 9.08. The van der Waals surface area contributed by atoms with Crippen molar-refractivity contribution in [1.82, 2.24) is 15.6 Å². The van der Waals surface area contributed by atoms with E-state index in [0.29, 0.717) is 12.1 Å². The Morgan fingerprint density at radius 3 is 2.40 bits per heavy atom.